The Kier molecular flexibility index (Phi) is 4.99. The van der Waals surface area contributed by atoms with Gasteiger partial charge in [0.15, 0.2) is 0 Å². The van der Waals surface area contributed by atoms with E-state index in [1.54, 1.807) is 26.2 Å². The van der Waals surface area contributed by atoms with Crippen molar-refractivity contribution in [2.24, 2.45) is 0 Å². The van der Waals surface area contributed by atoms with Crippen LogP contribution in [0.5, 0.6) is 0 Å². The average molecular weight is 314 g/mol. The van der Waals surface area contributed by atoms with E-state index in [9.17, 15) is 8.42 Å². The number of nitrogens with one attached hydrogen (secondary N) is 1. The first kappa shape index (κ1) is 15.7. The second-order valence-corrected chi connectivity index (χ2v) is 8.92. The molecular weight excluding hydrogens is 292 g/mol. The van der Waals surface area contributed by atoms with Crippen molar-refractivity contribution in [1.82, 2.24) is 4.31 Å². The first-order valence-electron chi connectivity index (χ1n) is 6.82. The highest BCUT2D eigenvalue weighted by molar-refractivity contribution is 8.00. The number of hydrogen-bond acceptors (Lipinski definition) is 4. The summed E-state index contributed by atoms with van der Waals surface area (Å²) in [6.07, 6.45) is 2.41. The van der Waals surface area contributed by atoms with Gasteiger partial charge in [0, 0.05) is 31.1 Å². The van der Waals surface area contributed by atoms with Crippen molar-refractivity contribution in [3.05, 3.63) is 24.3 Å². The molecule has 1 fully saturated rings. The van der Waals surface area contributed by atoms with Crippen molar-refractivity contribution in [2.75, 3.05) is 25.2 Å². The van der Waals surface area contributed by atoms with Crippen LogP contribution in [-0.4, -0.2) is 43.9 Å². The van der Waals surface area contributed by atoms with Crippen molar-refractivity contribution < 1.29 is 8.42 Å². The van der Waals surface area contributed by atoms with Gasteiger partial charge >= 0.3 is 0 Å². The quantitative estimate of drug-likeness (QED) is 0.928. The Morgan fingerprint density at radius 1 is 1.25 bits per heavy atom. The number of benzene rings is 1. The molecule has 2 atom stereocenters. The molecule has 0 spiro atoms. The summed E-state index contributed by atoms with van der Waals surface area (Å²) in [5.41, 5.74) is 0.988. The van der Waals surface area contributed by atoms with Crippen LogP contribution in [0, 0.1) is 0 Å². The molecule has 20 heavy (non-hydrogen) atoms. The molecule has 6 heteroatoms. The van der Waals surface area contributed by atoms with Gasteiger partial charge in [0.2, 0.25) is 10.0 Å². The van der Waals surface area contributed by atoms with Gasteiger partial charge in [-0.3, -0.25) is 0 Å². The number of nitrogens with zero attached hydrogens (tertiary/aromatic N) is 1. The van der Waals surface area contributed by atoms with E-state index in [4.69, 9.17) is 0 Å². The maximum Gasteiger partial charge on any atom is 0.242 e. The zero-order chi connectivity index (χ0) is 14.8. The minimum Gasteiger partial charge on any atom is -0.381 e. The lowest BCUT2D eigenvalue weighted by molar-refractivity contribution is 0.521. The topological polar surface area (TPSA) is 49.4 Å². The first-order chi connectivity index (χ1) is 9.41. The van der Waals surface area contributed by atoms with E-state index in [0.717, 1.165) is 5.69 Å². The molecule has 0 aliphatic carbocycles. The molecule has 1 N–H and O–H groups in total. The molecular formula is C14H22N2O2S2. The van der Waals surface area contributed by atoms with Gasteiger partial charge in [0.25, 0.3) is 0 Å². The van der Waals surface area contributed by atoms with Crippen LogP contribution in [0.4, 0.5) is 5.69 Å². The summed E-state index contributed by atoms with van der Waals surface area (Å²) >= 11 is 1.99. The summed E-state index contributed by atoms with van der Waals surface area (Å²) in [5.74, 6) is 1.24. The van der Waals surface area contributed by atoms with Crippen LogP contribution in [0.15, 0.2) is 29.2 Å². The van der Waals surface area contributed by atoms with E-state index in [2.05, 4.69) is 12.2 Å². The van der Waals surface area contributed by atoms with E-state index >= 15 is 0 Å². The number of sulfonamides is 1. The molecule has 0 bridgehead atoms. The highest BCUT2D eigenvalue weighted by Gasteiger charge is 2.22. The zero-order valence-electron chi connectivity index (χ0n) is 12.2. The summed E-state index contributed by atoms with van der Waals surface area (Å²) in [7, 11) is -0.248. The minimum absolute atomic E-state index is 0.333. The summed E-state index contributed by atoms with van der Waals surface area (Å²) in [6, 6.07) is 7.49. The molecule has 0 amide bonds. The number of thioether (sulfide) groups is 1. The summed E-state index contributed by atoms with van der Waals surface area (Å²) < 4.78 is 25.2. The third-order valence-corrected chi connectivity index (χ3v) is 6.80. The molecule has 2 unspecified atom stereocenters. The van der Waals surface area contributed by atoms with Crippen molar-refractivity contribution >= 4 is 27.5 Å². The van der Waals surface area contributed by atoms with Crippen LogP contribution < -0.4 is 5.32 Å². The van der Waals surface area contributed by atoms with Gasteiger partial charge in [-0.2, -0.15) is 11.8 Å². The Hall–Kier alpha value is -0.720. The monoisotopic (exact) mass is 314 g/mol. The van der Waals surface area contributed by atoms with Crippen LogP contribution in [0.2, 0.25) is 0 Å². The molecule has 2 rings (SSSR count). The lowest BCUT2D eigenvalue weighted by atomic mass is 10.1. The average Bonchev–Trinajstić information content (AvgIpc) is 2.42. The fourth-order valence-electron chi connectivity index (χ4n) is 2.26. The fraction of sp³-hybridized carbons (Fsp3) is 0.571. The molecule has 4 nitrogen and oxygen atoms in total. The van der Waals surface area contributed by atoms with Crippen molar-refractivity contribution in [3.8, 4) is 0 Å². The van der Waals surface area contributed by atoms with Crippen LogP contribution in [-0.2, 0) is 10.0 Å². The Morgan fingerprint density at radius 2 is 1.90 bits per heavy atom. The fourth-order valence-corrected chi connectivity index (χ4v) is 4.30. The van der Waals surface area contributed by atoms with Crippen LogP contribution in [0.3, 0.4) is 0 Å². The number of rotatable bonds is 4. The van der Waals surface area contributed by atoms with Gasteiger partial charge in [0.05, 0.1) is 4.90 Å². The summed E-state index contributed by atoms with van der Waals surface area (Å²) in [6.45, 7) is 2.24. The molecule has 0 radical (unpaired) electrons. The second-order valence-electron chi connectivity index (χ2n) is 5.28. The molecule has 112 valence electrons. The van der Waals surface area contributed by atoms with E-state index in [-0.39, 0.29) is 0 Å². The van der Waals surface area contributed by atoms with Crippen molar-refractivity contribution in [2.45, 2.75) is 36.0 Å². The molecule has 1 aromatic rings. The van der Waals surface area contributed by atoms with Gasteiger partial charge in [0.1, 0.15) is 0 Å². The molecule has 1 aliphatic heterocycles. The van der Waals surface area contributed by atoms with E-state index in [1.165, 1.54) is 22.9 Å². The van der Waals surface area contributed by atoms with Crippen LogP contribution >= 0.6 is 11.8 Å². The lowest BCUT2D eigenvalue weighted by Crippen LogP contribution is -2.32. The molecule has 1 heterocycles. The van der Waals surface area contributed by atoms with Gasteiger partial charge < -0.3 is 5.32 Å². The van der Waals surface area contributed by atoms with E-state index in [0.29, 0.717) is 16.2 Å². The standard InChI is InChI=1S/C14H22N2O2S2/c1-11-14(5-4-10-19-11)15-12-6-8-13(9-7-12)20(17,18)16(2)3/h6-9,11,14-15H,4-5,10H2,1-3H3. The zero-order valence-corrected chi connectivity index (χ0v) is 13.8. The molecule has 1 saturated heterocycles. The molecule has 0 aromatic heterocycles. The van der Waals surface area contributed by atoms with Gasteiger partial charge in [-0.1, -0.05) is 6.92 Å². The maximum atomic E-state index is 12.0. The molecule has 0 saturated carbocycles. The normalized spacial score (nSPS) is 23.8. The van der Waals surface area contributed by atoms with E-state index in [1.807, 2.05) is 23.9 Å². The van der Waals surface area contributed by atoms with Crippen LogP contribution in [0.25, 0.3) is 0 Å². The Bertz CT molecular complexity index is 541. The van der Waals surface area contributed by atoms with Gasteiger partial charge in [-0.15, -0.1) is 0 Å². The third kappa shape index (κ3) is 3.48. The predicted molar refractivity (Wildman–Crippen MR) is 85.9 cm³/mol. The third-order valence-electron chi connectivity index (χ3n) is 3.59. The number of anilines is 1. The van der Waals surface area contributed by atoms with Crippen LogP contribution in [0.1, 0.15) is 19.8 Å². The first-order valence-corrected chi connectivity index (χ1v) is 9.31. The summed E-state index contributed by atoms with van der Waals surface area (Å²) in [5, 5.41) is 4.10. The largest absolute Gasteiger partial charge is 0.381 e. The highest BCUT2D eigenvalue weighted by atomic mass is 32.2. The number of hydrogen-bond donors (Lipinski definition) is 1. The Labute approximate surface area is 126 Å². The van der Waals surface area contributed by atoms with Gasteiger partial charge in [-0.05, 0) is 42.9 Å². The maximum absolute atomic E-state index is 12.0. The predicted octanol–water partition coefficient (Wildman–Crippen LogP) is 2.63. The highest BCUT2D eigenvalue weighted by Crippen LogP contribution is 2.28. The Morgan fingerprint density at radius 3 is 2.45 bits per heavy atom. The minimum atomic E-state index is -3.34. The van der Waals surface area contributed by atoms with E-state index < -0.39 is 10.0 Å². The molecule has 1 aliphatic rings. The molecule has 1 aromatic carbocycles. The van der Waals surface area contributed by atoms with Crippen molar-refractivity contribution in [1.29, 1.82) is 0 Å². The van der Waals surface area contributed by atoms with Gasteiger partial charge in [-0.25, -0.2) is 12.7 Å². The lowest BCUT2D eigenvalue weighted by Gasteiger charge is -2.30. The second kappa shape index (κ2) is 6.37. The smallest absolute Gasteiger partial charge is 0.242 e. The summed E-state index contributed by atoms with van der Waals surface area (Å²) in [4.78, 5) is 0.333. The van der Waals surface area contributed by atoms with Crippen molar-refractivity contribution in [3.63, 3.8) is 0 Å². The Balaban J connectivity index is 2.09. The SMILES string of the molecule is CC1SCCCC1Nc1ccc(S(=O)(=O)N(C)C)cc1.